The van der Waals surface area contributed by atoms with Crippen molar-refractivity contribution in [3.8, 4) is 0 Å². The number of aliphatic hydroxyl groups is 2. The number of aliphatic carboxylic acids is 2. The summed E-state index contributed by atoms with van der Waals surface area (Å²) < 4.78 is 10.6. The molecule has 6 N–H and O–H groups in total. The summed E-state index contributed by atoms with van der Waals surface area (Å²) in [5, 5.41) is 37.4. The Morgan fingerprint density at radius 2 is 2.00 bits per heavy atom. The molecule has 0 aliphatic carbocycles. The van der Waals surface area contributed by atoms with E-state index in [0.717, 1.165) is 0 Å². The highest BCUT2D eigenvalue weighted by molar-refractivity contribution is 5.80. The average Bonchev–Trinajstić information content (AvgIpc) is 2.74. The zero-order valence-corrected chi connectivity index (χ0v) is 10.5. The number of hydrogen-bond donors (Lipinski definition) is 5. The Kier molecular flexibility index (Phi) is 3.98. The van der Waals surface area contributed by atoms with Crippen molar-refractivity contribution in [3.05, 3.63) is 0 Å². The van der Waals surface area contributed by atoms with Crippen LogP contribution in [0, 0.1) is 0 Å². The smallest absolute Gasteiger partial charge is 0.336 e. The summed E-state index contributed by atoms with van der Waals surface area (Å²) in [5.41, 5.74) is 3.54. The first-order valence-electron chi connectivity index (χ1n) is 6.14. The molecule has 114 valence electrons. The molecule has 2 heterocycles. The molecule has 0 amide bonds. The molecule has 2 saturated heterocycles. The summed E-state index contributed by atoms with van der Waals surface area (Å²) in [6, 6.07) is -1.41. The summed E-state index contributed by atoms with van der Waals surface area (Å²) in [4.78, 5) is 22.2. The van der Waals surface area contributed by atoms with Crippen LogP contribution in [-0.4, -0.2) is 75.0 Å². The number of carboxylic acids is 2. The molecule has 0 radical (unpaired) electrons. The Bertz CT molecular complexity index is 415. The van der Waals surface area contributed by atoms with E-state index >= 15 is 0 Å². The lowest BCUT2D eigenvalue weighted by Gasteiger charge is -2.33. The van der Waals surface area contributed by atoms with Crippen LogP contribution in [0.1, 0.15) is 12.8 Å². The zero-order chi connectivity index (χ0) is 15.1. The molecule has 2 rings (SSSR count). The van der Waals surface area contributed by atoms with Gasteiger partial charge in [-0.25, -0.2) is 4.79 Å². The second kappa shape index (κ2) is 5.26. The molecule has 2 aliphatic heterocycles. The maximum Gasteiger partial charge on any atom is 0.336 e. The fourth-order valence-electron chi connectivity index (χ4n) is 2.61. The average molecular weight is 291 g/mol. The van der Waals surface area contributed by atoms with Crippen molar-refractivity contribution >= 4 is 11.9 Å². The van der Waals surface area contributed by atoms with E-state index in [0.29, 0.717) is 0 Å². The highest BCUT2D eigenvalue weighted by Crippen LogP contribution is 2.40. The van der Waals surface area contributed by atoms with E-state index < -0.39 is 54.4 Å². The van der Waals surface area contributed by atoms with Crippen LogP contribution in [0.15, 0.2) is 0 Å². The van der Waals surface area contributed by atoms with Gasteiger partial charge in [-0.2, -0.15) is 0 Å². The Morgan fingerprint density at radius 3 is 2.55 bits per heavy atom. The summed E-state index contributed by atoms with van der Waals surface area (Å²) in [6.07, 6.45) is -4.76. The molecule has 3 unspecified atom stereocenters. The lowest BCUT2D eigenvalue weighted by molar-refractivity contribution is -0.197. The van der Waals surface area contributed by atoms with Gasteiger partial charge in [-0.1, -0.05) is 0 Å². The van der Waals surface area contributed by atoms with Gasteiger partial charge in [-0.05, 0) is 0 Å². The summed E-state index contributed by atoms with van der Waals surface area (Å²) in [7, 11) is 0. The Hall–Kier alpha value is -1.26. The highest BCUT2D eigenvalue weighted by atomic mass is 16.6. The first-order chi connectivity index (χ1) is 9.27. The van der Waals surface area contributed by atoms with Crippen LogP contribution >= 0.6 is 0 Å². The highest BCUT2D eigenvalue weighted by Gasteiger charge is 2.57. The molecule has 0 aromatic rings. The van der Waals surface area contributed by atoms with Crippen molar-refractivity contribution in [2.75, 3.05) is 6.61 Å². The van der Waals surface area contributed by atoms with Crippen molar-refractivity contribution in [2.24, 2.45) is 5.73 Å². The predicted molar refractivity (Wildman–Crippen MR) is 61.8 cm³/mol. The monoisotopic (exact) mass is 291 g/mol. The summed E-state index contributed by atoms with van der Waals surface area (Å²) >= 11 is 0. The lowest BCUT2D eigenvalue weighted by Crippen LogP contribution is -2.51. The Labute approximate surface area is 113 Å². The van der Waals surface area contributed by atoms with Crippen LogP contribution in [0.3, 0.4) is 0 Å². The molecule has 0 aromatic heterocycles. The molecule has 0 bridgehead atoms. The quantitative estimate of drug-likeness (QED) is 0.378. The maximum atomic E-state index is 11.4. The Balaban J connectivity index is 2.20. The minimum Gasteiger partial charge on any atom is -0.480 e. The van der Waals surface area contributed by atoms with Crippen LogP contribution < -0.4 is 5.73 Å². The first kappa shape index (κ1) is 15.1. The first-order valence-corrected chi connectivity index (χ1v) is 6.14. The lowest BCUT2D eigenvalue weighted by atomic mass is 9.89. The minimum absolute atomic E-state index is 0.127. The van der Waals surface area contributed by atoms with Crippen molar-refractivity contribution in [1.29, 1.82) is 0 Å². The molecule has 0 spiro atoms. The number of aliphatic hydroxyl groups excluding tert-OH is 2. The van der Waals surface area contributed by atoms with Crippen molar-refractivity contribution in [1.82, 2.24) is 0 Å². The second-order valence-electron chi connectivity index (χ2n) is 5.16. The molecular weight excluding hydrogens is 274 g/mol. The fraction of sp³-hybridized carbons (Fsp3) is 0.818. The molecular formula is C11H17NO8. The van der Waals surface area contributed by atoms with Gasteiger partial charge in [-0.3, -0.25) is 4.79 Å². The molecule has 0 aromatic carbocycles. The van der Waals surface area contributed by atoms with Crippen molar-refractivity contribution in [3.63, 3.8) is 0 Å². The van der Waals surface area contributed by atoms with Gasteiger partial charge in [-0.15, -0.1) is 0 Å². The van der Waals surface area contributed by atoms with Crippen LogP contribution in [0.25, 0.3) is 0 Å². The largest absolute Gasteiger partial charge is 0.480 e. The van der Waals surface area contributed by atoms with Crippen LogP contribution in [0.2, 0.25) is 0 Å². The van der Waals surface area contributed by atoms with E-state index in [1.807, 2.05) is 0 Å². The van der Waals surface area contributed by atoms with Gasteiger partial charge in [0.1, 0.15) is 24.4 Å². The summed E-state index contributed by atoms with van der Waals surface area (Å²) in [5.74, 6) is -2.71. The third-order valence-electron chi connectivity index (χ3n) is 3.73. The van der Waals surface area contributed by atoms with Crippen LogP contribution in [0.5, 0.6) is 0 Å². The minimum atomic E-state index is -1.84. The van der Waals surface area contributed by atoms with Gasteiger partial charge < -0.3 is 35.6 Å². The van der Waals surface area contributed by atoms with Gasteiger partial charge in [0.15, 0.2) is 5.60 Å². The molecule has 2 aliphatic rings. The standard InChI is InChI=1S/C11H17NO8/c12-4(9(15)16)1-11(10(17)18)2-6-8(20-11)7(14)5(13)3-19-6/h4-8,13-14H,1-3,12H2,(H,15,16)(H,17,18)/t4?,5-,6?,7-,8?,11+/m1/s1. The van der Waals surface area contributed by atoms with Crippen molar-refractivity contribution < 1.29 is 39.5 Å². The fourth-order valence-corrected chi connectivity index (χ4v) is 2.61. The van der Waals surface area contributed by atoms with Gasteiger partial charge in [0.2, 0.25) is 0 Å². The topological polar surface area (TPSA) is 160 Å². The molecule has 9 heteroatoms. The summed E-state index contributed by atoms with van der Waals surface area (Å²) in [6.45, 7) is -0.133. The molecule has 9 nitrogen and oxygen atoms in total. The van der Waals surface area contributed by atoms with E-state index in [4.69, 9.17) is 20.3 Å². The van der Waals surface area contributed by atoms with E-state index in [2.05, 4.69) is 0 Å². The van der Waals surface area contributed by atoms with E-state index in [1.54, 1.807) is 0 Å². The number of carbonyl (C=O) groups is 2. The van der Waals surface area contributed by atoms with Crippen LogP contribution in [0.4, 0.5) is 0 Å². The van der Waals surface area contributed by atoms with Gasteiger partial charge in [0, 0.05) is 12.8 Å². The number of fused-ring (bicyclic) bond motifs is 1. The number of ether oxygens (including phenoxy) is 2. The van der Waals surface area contributed by atoms with Crippen molar-refractivity contribution in [2.45, 2.75) is 48.9 Å². The molecule has 20 heavy (non-hydrogen) atoms. The van der Waals surface area contributed by atoms with E-state index in [9.17, 15) is 24.9 Å². The number of carboxylic acid groups (broad SMARTS) is 2. The predicted octanol–water partition coefficient (Wildman–Crippen LogP) is -2.48. The third-order valence-corrected chi connectivity index (χ3v) is 3.73. The number of hydrogen-bond acceptors (Lipinski definition) is 7. The zero-order valence-electron chi connectivity index (χ0n) is 10.5. The van der Waals surface area contributed by atoms with Gasteiger partial charge >= 0.3 is 11.9 Å². The van der Waals surface area contributed by atoms with Gasteiger partial charge in [0.25, 0.3) is 0 Å². The molecule has 6 atom stereocenters. The third kappa shape index (κ3) is 2.50. The van der Waals surface area contributed by atoms with Gasteiger partial charge in [0.05, 0.1) is 12.7 Å². The SMILES string of the molecule is NC(C[C@@]1(C(=O)O)CC2OC[C@@H](O)[C@@H](O)C2O1)C(=O)O. The normalized spacial score (nSPS) is 42.0. The van der Waals surface area contributed by atoms with Crippen LogP contribution in [-0.2, 0) is 19.1 Å². The Morgan fingerprint density at radius 1 is 1.35 bits per heavy atom. The number of rotatable bonds is 4. The molecule has 0 saturated carbocycles. The second-order valence-corrected chi connectivity index (χ2v) is 5.16. The number of nitrogens with two attached hydrogens (primary N) is 1. The van der Waals surface area contributed by atoms with E-state index in [-0.39, 0.29) is 13.0 Å². The maximum absolute atomic E-state index is 11.4. The van der Waals surface area contributed by atoms with E-state index in [1.165, 1.54) is 0 Å². The molecule has 2 fully saturated rings.